The lowest BCUT2D eigenvalue weighted by molar-refractivity contribution is 0.718. The van der Waals surface area contributed by atoms with Crippen molar-refractivity contribution in [1.82, 2.24) is 0 Å². The highest BCUT2D eigenvalue weighted by Gasteiger charge is 2.49. The van der Waals surface area contributed by atoms with E-state index in [1.165, 1.54) is 34.4 Å². The Morgan fingerprint density at radius 3 is 1.27 bits per heavy atom. The average Bonchev–Trinajstić information content (AvgIpc) is 3.48. The first kappa shape index (κ1) is 23.8. The highest BCUT2D eigenvalue weighted by atomic mass is 28.3. The van der Waals surface area contributed by atoms with Crippen molar-refractivity contribution in [2.24, 2.45) is 11.8 Å². The molecule has 0 saturated heterocycles. The third-order valence-corrected chi connectivity index (χ3v) is 14.3. The third-order valence-electron chi connectivity index (χ3n) is 8.16. The molecule has 4 rings (SSSR count). The van der Waals surface area contributed by atoms with Crippen LogP contribution in [0.25, 0.3) is 11.1 Å². The van der Waals surface area contributed by atoms with Crippen LogP contribution in [-0.4, -0.2) is 8.07 Å². The lowest BCUT2D eigenvalue weighted by Crippen LogP contribution is -2.44. The molecule has 0 spiro atoms. The number of allylic oxidation sites excluding steroid dienone is 8. The van der Waals surface area contributed by atoms with Gasteiger partial charge in [-0.3, -0.25) is 0 Å². The van der Waals surface area contributed by atoms with Crippen molar-refractivity contribution in [3.05, 3.63) is 107 Å². The molecule has 2 aliphatic carbocycles. The van der Waals surface area contributed by atoms with Crippen LogP contribution in [0.1, 0.15) is 52.7 Å². The highest BCUT2D eigenvalue weighted by molar-refractivity contribution is 6.85. The van der Waals surface area contributed by atoms with E-state index in [-0.39, 0.29) is 0 Å². The van der Waals surface area contributed by atoms with Gasteiger partial charge in [0.2, 0.25) is 0 Å². The Labute approximate surface area is 202 Å². The molecule has 0 radical (unpaired) electrons. The molecule has 0 N–H and O–H groups in total. The van der Waals surface area contributed by atoms with Gasteiger partial charge in [0.15, 0.2) is 0 Å². The standard InChI is InChI=1S/C32H40Si/c1-7-33(8-2,31-21-27(19-29(31)23(3)4)25-15-11-9-12-16-25)32-22-28(20-30(32)24(5)6)26-17-13-10-14-18-26/h9-24,31-32H,7-8H2,1-6H3. The molecule has 2 aromatic carbocycles. The Kier molecular flexibility index (Phi) is 7.09. The Bertz CT molecular complexity index is 990. The summed E-state index contributed by atoms with van der Waals surface area (Å²) in [5.74, 6) is 1.14. The van der Waals surface area contributed by atoms with Crippen LogP contribution in [0.15, 0.2) is 96.1 Å². The Morgan fingerprint density at radius 2 is 0.970 bits per heavy atom. The van der Waals surface area contributed by atoms with Crippen LogP contribution in [0.4, 0.5) is 0 Å². The molecule has 0 bridgehead atoms. The minimum absolute atomic E-state index is 0.572. The Balaban J connectivity index is 1.83. The number of hydrogen-bond donors (Lipinski definition) is 0. The van der Waals surface area contributed by atoms with Gasteiger partial charge in [-0.1, -0.05) is 150 Å². The van der Waals surface area contributed by atoms with E-state index in [1.807, 2.05) is 0 Å². The monoisotopic (exact) mass is 452 g/mol. The van der Waals surface area contributed by atoms with Gasteiger partial charge in [0.1, 0.15) is 0 Å². The predicted molar refractivity (Wildman–Crippen MR) is 149 cm³/mol. The maximum atomic E-state index is 2.66. The molecule has 33 heavy (non-hydrogen) atoms. The summed E-state index contributed by atoms with van der Waals surface area (Å²) < 4.78 is 0. The van der Waals surface area contributed by atoms with E-state index in [1.54, 1.807) is 11.1 Å². The van der Waals surface area contributed by atoms with Crippen molar-refractivity contribution < 1.29 is 0 Å². The zero-order valence-electron chi connectivity index (χ0n) is 21.3. The van der Waals surface area contributed by atoms with Gasteiger partial charge in [-0.2, -0.15) is 0 Å². The van der Waals surface area contributed by atoms with Crippen molar-refractivity contribution in [3.63, 3.8) is 0 Å². The molecule has 172 valence electrons. The number of rotatable bonds is 8. The van der Waals surface area contributed by atoms with Crippen LogP contribution in [0.5, 0.6) is 0 Å². The minimum atomic E-state index is -1.77. The van der Waals surface area contributed by atoms with Crippen LogP contribution in [-0.2, 0) is 0 Å². The molecule has 2 aromatic rings. The van der Waals surface area contributed by atoms with Gasteiger partial charge in [-0.15, -0.1) is 0 Å². The summed E-state index contributed by atoms with van der Waals surface area (Å²) in [4.78, 5) is 0. The van der Waals surface area contributed by atoms with Crippen molar-refractivity contribution in [2.75, 3.05) is 0 Å². The Hall–Kier alpha value is -2.38. The Morgan fingerprint density at radius 1 is 0.606 bits per heavy atom. The highest BCUT2D eigenvalue weighted by Crippen LogP contribution is 2.56. The molecule has 0 nitrogen and oxygen atoms in total. The van der Waals surface area contributed by atoms with Crippen molar-refractivity contribution in [2.45, 2.75) is 64.7 Å². The molecule has 2 atom stereocenters. The van der Waals surface area contributed by atoms with E-state index in [9.17, 15) is 0 Å². The maximum Gasteiger partial charge on any atom is 0.0761 e. The molecule has 2 aliphatic rings. The van der Waals surface area contributed by atoms with Gasteiger partial charge < -0.3 is 0 Å². The zero-order valence-corrected chi connectivity index (χ0v) is 22.3. The minimum Gasteiger partial charge on any atom is -0.0721 e. The topological polar surface area (TPSA) is 0 Å². The second kappa shape index (κ2) is 9.85. The fourth-order valence-corrected chi connectivity index (χ4v) is 12.0. The van der Waals surface area contributed by atoms with E-state index < -0.39 is 8.07 Å². The summed E-state index contributed by atoms with van der Waals surface area (Å²) in [5, 5.41) is 0. The SMILES string of the molecule is CC[Si](CC)(C1C=C(c2ccccc2)C=C1C(C)C)C1C=C(c2ccccc2)C=C1C(C)C. The van der Waals surface area contributed by atoms with E-state index in [0.29, 0.717) is 22.9 Å². The molecule has 0 heterocycles. The average molecular weight is 453 g/mol. The van der Waals surface area contributed by atoms with E-state index in [4.69, 9.17) is 0 Å². The first-order valence-corrected chi connectivity index (χ1v) is 15.5. The largest absolute Gasteiger partial charge is 0.0761 e. The number of hydrogen-bond acceptors (Lipinski definition) is 0. The third kappa shape index (κ3) is 4.40. The van der Waals surface area contributed by atoms with Gasteiger partial charge in [0, 0.05) is 0 Å². The second-order valence-electron chi connectivity index (χ2n) is 10.5. The lowest BCUT2D eigenvalue weighted by atomic mass is 10.0. The van der Waals surface area contributed by atoms with Crippen LogP contribution in [0, 0.1) is 11.8 Å². The van der Waals surface area contributed by atoms with Crippen LogP contribution in [0.2, 0.25) is 23.2 Å². The molecule has 0 aromatic heterocycles. The van der Waals surface area contributed by atoms with Gasteiger partial charge in [-0.25, -0.2) is 0 Å². The van der Waals surface area contributed by atoms with Crippen LogP contribution >= 0.6 is 0 Å². The van der Waals surface area contributed by atoms with E-state index in [2.05, 4.69) is 127 Å². The molecule has 0 saturated carbocycles. The molecular weight excluding hydrogens is 412 g/mol. The van der Waals surface area contributed by atoms with Gasteiger partial charge in [-0.05, 0) is 45.2 Å². The molecule has 2 unspecified atom stereocenters. The first-order valence-electron chi connectivity index (χ1n) is 12.9. The second-order valence-corrected chi connectivity index (χ2v) is 15.6. The molecule has 1 heteroatoms. The smallest absolute Gasteiger partial charge is 0.0721 e. The van der Waals surface area contributed by atoms with E-state index in [0.717, 1.165) is 0 Å². The fourth-order valence-electron chi connectivity index (χ4n) is 6.18. The summed E-state index contributed by atoms with van der Waals surface area (Å²) in [6.07, 6.45) is 10.4. The molecule has 0 aliphatic heterocycles. The van der Waals surface area contributed by atoms with Crippen molar-refractivity contribution in [3.8, 4) is 0 Å². The predicted octanol–water partition coefficient (Wildman–Crippen LogP) is 9.57. The lowest BCUT2D eigenvalue weighted by Gasteiger charge is -2.43. The molecular formula is C32H40Si. The van der Waals surface area contributed by atoms with Gasteiger partial charge in [0.05, 0.1) is 8.07 Å². The zero-order chi connectivity index (χ0) is 23.6. The summed E-state index contributed by atoms with van der Waals surface area (Å²) in [7, 11) is -1.77. The summed E-state index contributed by atoms with van der Waals surface area (Å²) >= 11 is 0. The quantitative estimate of drug-likeness (QED) is 0.350. The van der Waals surface area contributed by atoms with Crippen LogP contribution < -0.4 is 0 Å². The van der Waals surface area contributed by atoms with E-state index >= 15 is 0 Å². The molecule has 0 amide bonds. The number of benzene rings is 2. The van der Waals surface area contributed by atoms with Crippen molar-refractivity contribution in [1.29, 1.82) is 0 Å². The normalized spacial score (nSPS) is 20.7. The summed E-state index contributed by atoms with van der Waals surface area (Å²) in [6.45, 7) is 14.5. The van der Waals surface area contributed by atoms with Crippen LogP contribution in [0.3, 0.4) is 0 Å². The molecule has 0 fully saturated rings. The van der Waals surface area contributed by atoms with Crippen molar-refractivity contribution >= 4 is 19.2 Å². The summed E-state index contributed by atoms with van der Waals surface area (Å²) in [5.41, 5.74) is 10.1. The maximum absolute atomic E-state index is 2.66. The fraction of sp³-hybridized carbons (Fsp3) is 0.375. The van der Waals surface area contributed by atoms with Gasteiger partial charge in [0.25, 0.3) is 0 Å². The van der Waals surface area contributed by atoms with Gasteiger partial charge >= 0.3 is 0 Å². The summed E-state index contributed by atoms with van der Waals surface area (Å²) in [6, 6.07) is 24.6. The first-order chi connectivity index (χ1) is 15.9.